The van der Waals surface area contributed by atoms with E-state index in [4.69, 9.17) is 40.1 Å². The second-order valence-electron chi connectivity index (χ2n) is 23.0. The molecule has 0 aromatic heterocycles. The third-order valence-corrected chi connectivity index (χ3v) is 16.1. The number of hydrogen-bond donors (Lipinski definition) is 7. The summed E-state index contributed by atoms with van der Waals surface area (Å²) in [6, 6.07) is 56.9. The van der Waals surface area contributed by atoms with Gasteiger partial charge in [0.1, 0.15) is 0 Å². The van der Waals surface area contributed by atoms with E-state index in [9.17, 15) is 14.4 Å². The van der Waals surface area contributed by atoms with Crippen LogP contribution in [0.4, 0.5) is 17.1 Å². The molecule has 7 aromatic rings. The lowest BCUT2D eigenvalue weighted by Crippen LogP contribution is -2.22. The van der Waals surface area contributed by atoms with Crippen LogP contribution in [0.5, 0.6) is 0 Å². The van der Waals surface area contributed by atoms with Crippen LogP contribution in [-0.4, -0.2) is 99.7 Å². The molecule has 16 nitrogen and oxygen atoms in total. The minimum absolute atomic E-state index is 0.0487. The molecular formula is C80H101BrN4O12. The second-order valence-corrected chi connectivity index (χ2v) is 23.6. The van der Waals surface area contributed by atoms with Crippen molar-refractivity contribution in [3.63, 3.8) is 0 Å². The highest BCUT2D eigenvalue weighted by Crippen LogP contribution is 2.22. The van der Waals surface area contributed by atoms with E-state index in [1.54, 1.807) is 29.8 Å². The van der Waals surface area contributed by atoms with Crippen LogP contribution in [0.3, 0.4) is 0 Å². The van der Waals surface area contributed by atoms with Gasteiger partial charge in [0.15, 0.2) is 12.6 Å². The number of ether oxygens (including phenoxy) is 6. The minimum Gasteiger partial charge on any atom is -0.466 e. The highest BCUT2D eigenvalue weighted by Gasteiger charge is 2.15. The maximum absolute atomic E-state index is 11.3. The fourth-order valence-corrected chi connectivity index (χ4v) is 10.6. The van der Waals surface area contributed by atoms with Crippen molar-refractivity contribution in [3.05, 3.63) is 249 Å². The predicted octanol–water partition coefficient (Wildman–Crippen LogP) is 15.4. The van der Waals surface area contributed by atoms with Gasteiger partial charge in [-0.2, -0.15) is 0 Å². The smallest absolute Gasteiger partial charge is 0.330 e. The Morgan fingerprint density at radius 3 is 1.32 bits per heavy atom. The van der Waals surface area contributed by atoms with Crippen molar-refractivity contribution in [1.82, 2.24) is 5.48 Å². The highest BCUT2D eigenvalue weighted by molar-refractivity contribution is 9.08. The maximum Gasteiger partial charge on any atom is 0.330 e. The molecule has 2 fully saturated rings. The molecule has 520 valence electrons. The lowest BCUT2D eigenvalue weighted by molar-refractivity contribution is -0.162. The summed E-state index contributed by atoms with van der Waals surface area (Å²) in [5, 5.41) is 34.1. The number of aliphatic hydroxyl groups is 2. The van der Waals surface area contributed by atoms with Crippen LogP contribution in [0.2, 0.25) is 0 Å². The molecule has 2 aliphatic heterocycles. The molecule has 97 heavy (non-hydrogen) atoms. The summed E-state index contributed by atoms with van der Waals surface area (Å²) < 4.78 is 31.6. The van der Waals surface area contributed by atoms with E-state index in [-0.39, 0.29) is 37.7 Å². The molecule has 2 aliphatic rings. The van der Waals surface area contributed by atoms with Crippen LogP contribution in [0.15, 0.2) is 188 Å². The summed E-state index contributed by atoms with van der Waals surface area (Å²) in [7, 11) is 2.70. The minimum atomic E-state index is -0.568. The van der Waals surface area contributed by atoms with Crippen molar-refractivity contribution >= 4 is 69.1 Å². The van der Waals surface area contributed by atoms with Crippen molar-refractivity contribution in [2.24, 2.45) is 0 Å². The molecule has 2 atom stereocenters. The van der Waals surface area contributed by atoms with E-state index in [1.807, 2.05) is 84.9 Å². The Bertz CT molecular complexity index is 3250. The van der Waals surface area contributed by atoms with Gasteiger partial charge in [-0.25, -0.2) is 15.1 Å². The molecule has 1 amide bonds. The fraction of sp³-hybridized carbons (Fsp3) is 0.362. The van der Waals surface area contributed by atoms with Crippen LogP contribution < -0.4 is 21.8 Å². The van der Waals surface area contributed by atoms with Gasteiger partial charge in [0.25, 0.3) is 5.91 Å². The standard InChI is InChI=1S/C20H23NO3.C19H22N2O3.C16H24O2.C15H21BrO2.C10H11NO2/c1-24-20(23)12-11-18-9-2-3-10-19(18)21-15-17-7-4-6-16(14-17)8-5-13-22;22-12-4-7-15-5-3-6-16(13-15)14-20-18-9-2-1-8-17(18)10-11-19(23)21-24;1-2-14-7-5-8-15(13-14)9-6-12-18-16-10-3-4-11-17-16;16-12-14-6-3-5-13(11-14)7-4-10-18-15-8-1-2-9-17-15;1-13-10(12)7-6-8-4-2-3-5-9(8)11/h2-4,6-7,9-12,14,21-22H,5,8,13,15H2,1H3;1-3,5-6,8-11,13,20,22,24H,4,7,12,14H2,(H,21,23);5,7-8,13,16H,2-4,6,9-12H2,1H3;3,5-6,11,15H,1-2,4,7-10,12H2;2-7H,11H2,1H3/b12-11+;11-10+;;;7-6+. The lowest BCUT2D eigenvalue weighted by Gasteiger charge is -2.22. The number of nitrogen functional groups attached to an aromatic ring is 1. The highest BCUT2D eigenvalue weighted by atomic mass is 79.9. The summed E-state index contributed by atoms with van der Waals surface area (Å²) in [6.07, 6.45) is 24.8. The molecule has 0 radical (unpaired) electrons. The van der Waals surface area contributed by atoms with Gasteiger partial charge in [0.2, 0.25) is 0 Å². The van der Waals surface area contributed by atoms with Crippen LogP contribution >= 0.6 is 15.9 Å². The van der Waals surface area contributed by atoms with Crippen LogP contribution in [-0.2, 0) is 93.3 Å². The molecular weight excluding hydrogens is 1290 g/mol. The number of rotatable bonds is 30. The molecule has 9 rings (SSSR count). The van der Waals surface area contributed by atoms with Crippen molar-refractivity contribution in [2.45, 2.75) is 134 Å². The average molecular weight is 1390 g/mol. The van der Waals surface area contributed by atoms with Crippen LogP contribution in [0, 0.1) is 0 Å². The number of para-hydroxylation sites is 3. The summed E-state index contributed by atoms with van der Waals surface area (Å²) in [6.45, 7) is 7.28. The van der Waals surface area contributed by atoms with Crippen molar-refractivity contribution in [2.75, 3.05) is 70.2 Å². The number of halogens is 1. The number of hydroxylamine groups is 1. The monoisotopic (exact) mass is 1390 g/mol. The maximum atomic E-state index is 11.3. The molecule has 17 heteroatoms. The molecule has 2 saturated heterocycles. The summed E-state index contributed by atoms with van der Waals surface area (Å²) in [4.78, 5) is 33.1. The first-order chi connectivity index (χ1) is 47.4. The van der Waals surface area contributed by atoms with E-state index in [0.717, 1.165) is 136 Å². The zero-order chi connectivity index (χ0) is 69.3. The molecule has 0 spiro atoms. The normalized spacial score (nSPS) is 14.1. The SMILES string of the molecule is BrCc1cccc(CCCOC2CCCCO2)c1.CCc1cccc(CCCOC2CCCCO2)c1.COC(=O)/C=C/c1ccccc1N.COC(=O)/C=C/c1ccccc1NCc1cccc(CCCO)c1.O=C(/C=C/c1ccccc1NCc1cccc(CCCO)c1)NO. The Morgan fingerprint density at radius 2 is 0.897 bits per heavy atom. The number of carbonyl (C=O) groups is 3. The van der Waals surface area contributed by atoms with Gasteiger partial charge in [0, 0.05) is 80.1 Å². The second kappa shape index (κ2) is 49.3. The summed E-state index contributed by atoms with van der Waals surface area (Å²) >= 11 is 3.48. The summed E-state index contributed by atoms with van der Waals surface area (Å²) in [5.41, 5.74) is 22.6. The van der Waals surface area contributed by atoms with E-state index < -0.39 is 5.91 Å². The van der Waals surface area contributed by atoms with Crippen LogP contribution in [0.25, 0.3) is 18.2 Å². The Morgan fingerprint density at radius 1 is 0.505 bits per heavy atom. The van der Waals surface area contributed by atoms with Crippen molar-refractivity contribution in [3.8, 4) is 0 Å². The molecule has 7 aromatic carbocycles. The number of nitrogens with two attached hydrogens (primary N) is 1. The predicted molar refractivity (Wildman–Crippen MR) is 394 cm³/mol. The third kappa shape index (κ3) is 34.0. The fourth-order valence-electron chi connectivity index (χ4n) is 10.2. The largest absolute Gasteiger partial charge is 0.466 e. The van der Waals surface area contributed by atoms with Gasteiger partial charge >= 0.3 is 11.9 Å². The number of aliphatic hydroxyl groups excluding tert-OH is 2. The number of aryl methyl sites for hydroxylation is 5. The zero-order valence-electron chi connectivity index (χ0n) is 56.7. The number of hydrogen-bond acceptors (Lipinski definition) is 15. The van der Waals surface area contributed by atoms with Crippen molar-refractivity contribution < 1.29 is 58.2 Å². The molecule has 0 bridgehead atoms. The number of anilines is 3. The van der Waals surface area contributed by atoms with E-state index in [2.05, 4.69) is 122 Å². The summed E-state index contributed by atoms with van der Waals surface area (Å²) in [5.74, 6) is -1.33. The number of benzene rings is 7. The molecule has 0 aliphatic carbocycles. The number of nitrogens with one attached hydrogen (secondary N) is 3. The number of amides is 1. The van der Waals surface area contributed by atoms with Crippen molar-refractivity contribution in [1.29, 1.82) is 0 Å². The zero-order valence-corrected chi connectivity index (χ0v) is 58.3. The first kappa shape index (κ1) is 79.5. The van der Waals surface area contributed by atoms with Gasteiger partial charge in [-0.15, -0.1) is 0 Å². The van der Waals surface area contributed by atoms with Gasteiger partial charge in [0.05, 0.1) is 27.4 Å². The lowest BCUT2D eigenvalue weighted by atomic mass is 10.1. The first-order valence-corrected chi connectivity index (χ1v) is 34.8. The third-order valence-electron chi connectivity index (χ3n) is 15.5. The van der Waals surface area contributed by atoms with Gasteiger partial charge in [-0.05, 0) is 194 Å². The number of esters is 2. The average Bonchev–Trinajstić information content (AvgIpc) is 2.81. The number of carbonyl (C=O) groups excluding carboxylic acids is 3. The quantitative estimate of drug-likeness (QED) is 0.00422. The molecule has 2 unspecified atom stereocenters. The molecule has 8 N–H and O–H groups in total. The van der Waals surface area contributed by atoms with E-state index in [1.165, 1.54) is 97.1 Å². The molecule has 0 saturated carbocycles. The van der Waals surface area contributed by atoms with E-state index in [0.29, 0.717) is 18.8 Å². The number of alkyl halides is 1. The Labute approximate surface area is 583 Å². The van der Waals surface area contributed by atoms with Gasteiger partial charge < -0.3 is 55.0 Å². The number of methoxy groups -OCH3 is 2. The van der Waals surface area contributed by atoms with Gasteiger partial charge in [-0.3, -0.25) is 10.0 Å². The molecule has 2 heterocycles. The topological polar surface area (TPSA) is 229 Å². The van der Waals surface area contributed by atoms with Gasteiger partial charge in [-0.1, -0.05) is 175 Å². The Balaban J connectivity index is 0.000000222. The Kier molecular flexibility index (Phi) is 40.4. The van der Waals surface area contributed by atoms with Crippen LogP contribution in [0.1, 0.15) is 132 Å². The Hall–Kier alpha value is -8.23. The first-order valence-electron chi connectivity index (χ1n) is 33.7. The van der Waals surface area contributed by atoms with E-state index >= 15 is 0 Å².